The van der Waals surface area contributed by atoms with Gasteiger partial charge in [-0.05, 0) is 81.3 Å². The first-order valence-electron chi connectivity index (χ1n) is 16.7. The molecule has 0 fully saturated rings. The number of nitrogens with one attached hydrogen (secondary N) is 1. The minimum absolute atomic E-state index is 0.304. The van der Waals surface area contributed by atoms with Gasteiger partial charge in [0.2, 0.25) is 5.12 Å². The van der Waals surface area contributed by atoms with Crippen molar-refractivity contribution in [2.45, 2.75) is 63.1 Å². The molecule has 0 spiro atoms. The van der Waals surface area contributed by atoms with Crippen molar-refractivity contribution < 1.29 is 51.3 Å². The number of esters is 1. The van der Waals surface area contributed by atoms with E-state index in [4.69, 9.17) is 18.9 Å². The van der Waals surface area contributed by atoms with Crippen molar-refractivity contribution in [1.29, 1.82) is 0 Å². The summed E-state index contributed by atoms with van der Waals surface area (Å²) < 4.78 is 66.5. The second-order valence-corrected chi connectivity index (χ2v) is 14.6. The maximum atomic E-state index is 15.3. The van der Waals surface area contributed by atoms with Crippen molar-refractivity contribution in [3.8, 4) is 11.5 Å². The van der Waals surface area contributed by atoms with Gasteiger partial charge in [0.15, 0.2) is 11.0 Å². The number of methoxy groups -OCH3 is 2. The molecule has 54 heavy (non-hydrogen) atoms. The molecular formula is C40H39F3N2O8S. The van der Waals surface area contributed by atoms with E-state index in [1.807, 2.05) is 0 Å². The molecule has 0 aromatic heterocycles. The number of para-hydroxylation sites is 1. The fraction of sp³-hybridized carbons (Fsp3) is 0.300. The van der Waals surface area contributed by atoms with E-state index in [9.17, 15) is 27.6 Å². The largest absolute Gasteiger partial charge is 0.497 e. The lowest BCUT2D eigenvalue weighted by Gasteiger charge is -2.42. The van der Waals surface area contributed by atoms with E-state index in [0.29, 0.717) is 39.3 Å². The summed E-state index contributed by atoms with van der Waals surface area (Å²) in [5.41, 5.74) is -8.12. The highest BCUT2D eigenvalue weighted by Crippen LogP contribution is 2.56. The molecule has 4 aromatic rings. The second kappa shape index (κ2) is 15.5. The summed E-state index contributed by atoms with van der Waals surface area (Å²) in [6.45, 7) is 4.90. The first-order chi connectivity index (χ1) is 25.4. The molecule has 2 amide bonds. The highest BCUT2D eigenvalue weighted by Gasteiger charge is 2.71. The fourth-order valence-corrected chi connectivity index (χ4v) is 7.07. The number of carbonyl (C=O) groups is 4. The molecule has 10 nitrogen and oxygen atoms in total. The van der Waals surface area contributed by atoms with Gasteiger partial charge < -0.3 is 29.2 Å². The van der Waals surface area contributed by atoms with Crippen LogP contribution in [0.3, 0.4) is 0 Å². The molecule has 1 heterocycles. The lowest BCUT2D eigenvalue weighted by Crippen LogP contribution is -2.67. The van der Waals surface area contributed by atoms with E-state index in [-0.39, 0.29) is 0 Å². The summed E-state index contributed by atoms with van der Waals surface area (Å²) in [6, 6.07) is 23.9. The van der Waals surface area contributed by atoms with Gasteiger partial charge in [-0.2, -0.15) is 13.2 Å². The van der Waals surface area contributed by atoms with Crippen LogP contribution in [-0.4, -0.2) is 42.9 Å². The Bertz CT molecular complexity index is 2020. The van der Waals surface area contributed by atoms with Gasteiger partial charge in [-0.15, -0.1) is 0 Å². The van der Waals surface area contributed by atoms with Crippen LogP contribution in [0.2, 0.25) is 0 Å². The molecule has 4 aromatic carbocycles. The van der Waals surface area contributed by atoms with Crippen LogP contribution in [0.1, 0.15) is 49.9 Å². The van der Waals surface area contributed by atoms with Crippen LogP contribution in [0.5, 0.6) is 11.5 Å². The summed E-state index contributed by atoms with van der Waals surface area (Å²) >= 11 is 0.545. The van der Waals surface area contributed by atoms with Crippen molar-refractivity contribution in [3.63, 3.8) is 0 Å². The Labute approximate surface area is 314 Å². The predicted molar refractivity (Wildman–Crippen MR) is 195 cm³/mol. The van der Waals surface area contributed by atoms with Crippen molar-refractivity contribution in [2.24, 2.45) is 5.41 Å². The van der Waals surface area contributed by atoms with Crippen LogP contribution in [0.15, 0.2) is 102 Å². The van der Waals surface area contributed by atoms with Crippen LogP contribution in [-0.2, 0) is 48.7 Å². The number of anilines is 1. The number of ether oxygens (including phenoxy) is 4. The molecule has 1 aliphatic rings. The normalized spacial score (nSPS) is 16.5. The Hall–Kier alpha value is -5.50. The molecule has 0 aliphatic carbocycles. The molecular weight excluding hydrogens is 726 g/mol. The molecule has 0 bridgehead atoms. The zero-order valence-electron chi connectivity index (χ0n) is 30.4. The standard InChI is InChI=1S/C40H39F3N2O8S/c1-37(2,3)53-36(49)44-39(30-13-10-14-31(40(41,42)43)32(30)45(33(39)46)23-25-11-8-7-9-12-25)38(4,35(48)54-29-21-19-28(51-6)20-22-29)34(47)52-24-26-15-17-27(50-5)18-16-26/h7-22H,23-24H2,1-6H3,(H,44,49). The summed E-state index contributed by atoms with van der Waals surface area (Å²) in [5.74, 6) is -1.49. The minimum Gasteiger partial charge on any atom is -0.497 e. The van der Waals surface area contributed by atoms with E-state index >= 15 is 4.79 Å². The number of benzene rings is 4. The average molecular weight is 765 g/mol. The number of hydrogen-bond donors (Lipinski definition) is 1. The Morgan fingerprint density at radius 1 is 0.778 bits per heavy atom. The Kier molecular flexibility index (Phi) is 11.4. The Morgan fingerprint density at radius 2 is 1.37 bits per heavy atom. The second-order valence-electron chi connectivity index (χ2n) is 13.6. The lowest BCUT2D eigenvalue weighted by molar-refractivity contribution is -0.167. The average Bonchev–Trinajstić information content (AvgIpc) is 3.36. The number of fused-ring (bicyclic) bond motifs is 1. The monoisotopic (exact) mass is 764 g/mol. The zero-order valence-corrected chi connectivity index (χ0v) is 31.2. The van der Waals surface area contributed by atoms with E-state index in [2.05, 4.69) is 5.32 Å². The topological polar surface area (TPSA) is 120 Å². The quantitative estimate of drug-likeness (QED) is 0.0919. The third kappa shape index (κ3) is 7.88. The van der Waals surface area contributed by atoms with Crippen LogP contribution in [0, 0.1) is 5.41 Å². The van der Waals surface area contributed by atoms with Crippen molar-refractivity contribution in [3.05, 3.63) is 119 Å². The number of alkyl carbamates (subject to hydrolysis) is 1. The molecule has 5 rings (SSSR count). The Balaban J connectivity index is 1.77. The van der Waals surface area contributed by atoms with Crippen LogP contribution in [0.25, 0.3) is 0 Å². The van der Waals surface area contributed by atoms with Crippen LogP contribution < -0.4 is 19.7 Å². The molecule has 1 N–H and O–H groups in total. The number of amides is 2. The van der Waals surface area contributed by atoms with Gasteiger partial charge in [0.05, 0.1) is 32.0 Å². The summed E-state index contributed by atoms with van der Waals surface area (Å²) in [6.07, 6.45) is -6.27. The molecule has 0 saturated heterocycles. The molecule has 0 radical (unpaired) electrons. The van der Waals surface area contributed by atoms with Crippen LogP contribution >= 0.6 is 11.8 Å². The number of thioether (sulfide) groups is 1. The number of nitrogens with zero attached hydrogens (tertiary/aromatic N) is 1. The van der Waals surface area contributed by atoms with Gasteiger partial charge in [-0.1, -0.05) is 66.4 Å². The predicted octanol–water partition coefficient (Wildman–Crippen LogP) is 8.06. The number of hydrogen-bond acceptors (Lipinski definition) is 9. The maximum absolute atomic E-state index is 15.3. The van der Waals surface area contributed by atoms with E-state index in [1.165, 1.54) is 32.4 Å². The molecule has 0 saturated carbocycles. The summed E-state index contributed by atoms with van der Waals surface area (Å²) in [7, 11) is 2.93. The zero-order chi connectivity index (χ0) is 39.5. The lowest BCUT2D eigenvalue weighted by atomic mass is 9.67. The van der Waals surface area contributed by atoms with Gasteiger partial charge in [0.25, 0.3) is 5.91 Å². The molecule has 2 unspecified atom stereocenters. The highest BCUT2D eigenvalue weighted by molar-refractivity contribution is 8.13. The number of alkyl halides is 3. The molecule has 2 atom stereocenters. The SMILES string of the molecule is COc1ccc(COC(=O)C(C)(C(=O)Sc2ccc(OC)cc2)C2(NC(=O)OC(C)(C)C)C(=O)N(Cc3ccccc3)c3c(C(F)(F)F)cccc32)cc1. The maximum Gasteiger partial charge on any atom is 0.418 e. The first kappa shape index (κ1) is 39.7. The molecule has 14 heteroatoms. The van der Waals surface area contributed by atoms with E-state index in [0.717, 1.165) is 24.0 Å². The number of carbonyl (C=O) groups excluding carboxylic acids is 4. The summed E-state index contributed by atoms with van der Waals surface area (Å²) in [4.78, 5) is 60.0. The number of halogens is 3. The van der Waals surface area contributed by atoms with Gasteiger partial charge >= 0.3 is 18.2 Å². The van der Waals surface area contributed by atoms with Crippen molar-refractivity contribution in [2.75, 3.05) is 19.1 Å². The molecule has 1 aliphatic heterocycles. The minimum atomic E-state index is -5.00. The van der Waals surface area contributed by atoms with Crippen molar-refractivity contribution in [1.82, 2.24) is 5.32 Å². The van der Waals surface area contributed by atoms with Gasteiger partial charge in [-0.25, -0.2) is 4.79 Å². The van der Waals surface area contributed by atoms with Gasteiger partial charge in [0, 0.05) is 10.5 Å². The first-order valence-corrected chi connectivity index (χ1v) is 17.5. The fourth-order valence-electron chi connectivity index (χ4n) is 6.14. The number of rotatable bonds is 11. The van der Waals surface area contributed by atoms with E-state index in [1.54, 1.807) is 87.5 Å². The highest BCUT2D eigenvalue weighted by atomic mass is 32.2. The van der Waals surface area contributed by atoms with Crippen molar-refractivity contribution >= 4 is 40.5 Å². The van der Waals surface area contributed by atoms with Gasteiger partial charge in [-0.3, -0.25) is 14.4 Å². The smallest absolute Gasteiger partial charge is 0.418 e. The van der Waals surface area contributed by atoms with Crippen LogP contribution in [0.4, 0.5) is 23.7 Å². The summed E-state index contributed by atoms with van der Waals surface area (Å²) in [5, 5.41) is 1.47. The third-order valence-electron chi connectivity index (χ3n) is 8.82. The van der Waals surface area contributed by atoms with E-state index < -0.39 is 75.8 Å². The third-order valence-corrected chi connectivity index (χ3v) is 9.92. The Morgan fingerprint density at radius 3 is 1.93 bits per heavy atom. The molecule has 284 valence electrons. The van der Waals surface area contributed by atoms with Gasteiger partial charge in [0.1, 0.15) is 23.7 Å².